The quantitative estimate of drug-likeness (QED) is 0.639. The zero-order valence-electron chi connectivity index (χ0n) is 8.21. The van der Waals surface area contributed by atoms with Crippen molar-refractivity contribution >= 4 is 5.82 Å². The van der Waals surface area contributed by atoms with Crippen LogP contribution in [0.25, 0.3) is 0 Å². The molecule has 0 amide bonds. The van der Waals surface area contributed by atoms with Crippen molar-refractivity contribution in [1.82, 2.24) is 9.55 Å². The van der Waals surface area contributed by atoms with E-state index in [-0.39, 0.29) is 17.5 Å². The molecule has 0 fully saturated rings. The molecular weight excluding hydrogens is 194 g/mol. The molecule has 0 saturated heterocycles. The number of aliphatic hydroxyl groups is 1. The summed E-state index contributed by atoms with van der Waals surface area (Å²) in [5.41, 5.74) is 5.05. The Morgan fingerprint density at radius 3 is 2.87 bits per heavy atom. The molecule has 80 valence electrons. The second-order valence-corrected chi connectivity index (χ2v) is 3.64. The van der Waals surface area contributed by atoms with Crippen LogP contribution in [-0.4, -0.2) is 20.8 Å². The van der Waals surface area contributed by atoms with Crippen LogP contribution in [0.1, 0.15) is 18.9 Å². The van der Waals surface area contributed by atoms with E-state index < -0.39 is 6.10 Å². The molecule has 0 spiro atoms. The van der Waals surface area contributed by atoms with Crippen LogP contribution in [-0.2, 0) is 0 Å². The van der Waals surface area contributed by atoms with Crippen molar-refractivity contribution in [2.75, 3.05) is 5.73 Å². The summed E-state index contributed by atoms with van der Waals surface area (Å²) < 4.78 is 1.53. The molecule has 2 atom stereocenters. The minimum absolute atomic E-state index is 0.0194. The maximum Gasteiger partial charge on any atom is 0.350 e. The summed E-state index contributed by atoms with van der Waals surface area (Å²) in [6.45, 7) is 0. The molecule has 1 heterocycles. The molecule has 3 N–H and O–H groups in total. The highest BCUT2D eigenvalue weighted by Gasteiger charge is 2.16. The third-order valence-corrected chi connectivity index (χ3v) is 2.52. The average molecular weight is 207 g/mol. The number of hydrogen-bond acceptors (Lipinski definition) is 4. The Labute approximate surface area is 86.9 Å². The summed E-state index contributed by atoms with van der Waals surface area (Å²) in [6.07, 6.45) is 6.18. The van der Waals surface area contributed by atoms with Gasteiger partial charge in [0.25, 0.3) is 0 Å². The molecule has 1 aliphatic carbocycles. The van der Waals surface area contributed by atoms with Gasteiger partial charge in [-0.05, 0) is 18.9 Å². The Hall–Kier alpha value is -1.62. The van der Waals surface area contributed by atoms with Gasteiger partial charge in [-0.25, -0.2) is 4.79 Å². The van der Waals surface area contributed by atoms with Crippen LogP contribution in [0.3, 0.4) is 0 Å². The number of nitrogens with two attached hydrogens (primary N) is 1. The van der Waals surface area contributed by atoms with Crippen molar-refractivity contribution in [3.63, 3.8) is 0 Å². The molecular formula is C10H13N3O2. The van der Waals surface area contributed by atoms with Gasteiger partial charge in [0.1, 0.15) is 5.82 Å². The largest absolute Gasteiger partial charge is 0.389 e. The third kappa shape index (κ3) is 2.07. The average Bonchev–Trinajstić information content (AvgIpc) is 2.20. The smallest absolute Gasteiger partial charge is 0.350 e. The molecule has 1 aromatic rings. The van der Waals surface area contributed by atoms with Crippen molar-refractivity contribution in [2.24, 2.45) is 0 Å². The predicted octanol–water partition coefficient (Wildman–Crippen LogP) is 0.0775. The summed E-state index contributed by atoms with van der Waals surface area (Å²) in [5.74, 6) is 0.232. The highest BCUT2D eigenvalue weighted by Crippen LogP contribution is 2.20. The molecule has 2 unspecified atom stereocenters. The van der Waals surface area contributed by atoms with Crippen molar-refractivity contribution in [1.29, 1.82) is 0 Å². The van der Waals surface area contributed by atoms with E-state index >= 15 is 0 Å². The molecule has 5 nitrogen and oxygen atoms in total. The molecule has 0 bridgehead atoms. The summed E-state index contributed by atoms with van der Waals surface area (Å²) in [5, 5.41) is 9.28. The normalized spacial score (nSPS) is 25.4. The van der Waals surface area contributed by atoms with Gasteiger partial charge in [-0.3, -0.25) is 4.57 Å². The van der Waals surface area contributed by atoms with Crippen molar-refractivity contribution < 1.29 is 5.11 Å². The first-order valence-electron chi connectivity index (χ1n) is 4.88. The van der Waals surface area contributed by atoms with Gasteiger partial charge in [0.2, 0.25) is 0 Å². The second kappa shape index (κ2) is 3.86. The molecule has 0 aromatic carbocycles. The maximum atomic E-state index is 11.5. The van der Waals surface area contributed by atoms with Crippen LogP contribution in [0.4, 0.5) is 5.82 Å². The first-order valence-corrected chi connectivity index (χ1v) is 4.88. The van der Waals surface area contributed by atoms with E-state index in [1.807, 2.05) is 6.08 Å². The fourth-order valence-corrected chi connectivity index (χ4v) is 1.70. The van der Waals surface area contributed by atoms with Crippen molar-refractivity contribution in [3.8, 4) is 0 Å². The molecule has 1 aliphatic rings. The zero-order chi connectivity index (χ0) is 10.8. The van der Waals surface area contributed by atoms with Gasteiger partial charge < -0.3 is 10.8 Å². The summed E-state index contributed by atoms with van der Waals surface area (Å²) in [6, 6.07) is 1.58. The van der Waals surface area contributed by atoms with Crippen LogP contribution < -0.4 is 11.4 Å². The minimum Gasteiger partial charge on any atom is -0.389 e. The van der Waals surface area contributed by atoms with E-state index in [1.54, 1.807) is 18.3 Å². The Kier molecular flexibility index (Phi) is 2.55. The molecule has 0 aliphatic heterocycles. The van der Waals surface area contributed by atoms with E-state index in [0.717, 1.165) is 6.42 Å². The fraction of sp³-hybridized carbons (Fsp3) is 0.400. The van der Waals surface area contributed by atoms with Gasteiger partial charge in [0.15, 0.2) is 0 Å². The van der Waals surface area contributed by atoms with Crippen molar-refractivity contribution in [2.45, 2.75) is 25.0 Å². The Balaban J connectivity index is 2.31. The van der Waals surface area contributed by atoms with Crippen LogP contribution in [0.2, 0.25) is 0 Å². The lowest BCUT2D eigenvalue weighted by molar-refractivity contribution is 0.194. The number of nitrogens with zero attached hydrogens (tertiary/aromatic N) is 2. The number of anilines is 1. The molecule has 2 rings (SSSR count). The molecule has 1 aromatic heterocycles. The van der Waals surface area contributed by atoms with Crippen molar-refractivity contribution in [3.05, 3.63) is 34.9 Å². The Morgan fingerprint density at radius 1 is 1.47 bits per heavy atom. The zero-order valence-corrected chi connectivity index (χ0v) is 8.21. The van der Waals surface area contributed by atoms with Gasteiger partial charge in [-0.1, -0.05) is 12.2 Å². The third-order valence-electron chi connectivity index (χ3n) is 2.52. The van der Waals surface area contributed by atoms with E-state index in [0.29, 0.717) is 6.42 Å². The van der Waals surface area contributed by atoms with E-state index in [9.17, 15) is 9.90 Å². The van der Waals surface area contributed by atoms with Gasteiger partial charge >= 0.3 is 5.69 Å². The van der Waals surface area contributed by atoms with Crippen LogP contribution in [0.5, 0.6) is 0 Å². The first-order chi connectivity index (χ1) is 7.16. The molecule has 5 heteroatoms. The lowest BCUT2D eigenvalue weighted by Crippen LogP contribution is -2.28. The number of allylic oxidation sites excluding steroid dienone is 1. The molecule has 0 radical (unpaired) electrons. The number of rotatable bonds is 1. The number of aromatic nitrogens is 2. The van der Waals surface area contributed by atoms with E-state index in [4.69, 9.17) is 5.73 Å². The highest BCUT2D eigenvalue weighted by atomic mass is 16.3. The van der Waals surface area contributed by atoms with Gasteiger partial charge in [0, 0.05) is 6.20 Å². The first kappa shape index (κ1) is 9.92. The number of aliphatic hydroxyl groups excluding tert-OH is 1. The fourth-order valence-electron chi connectivity index (χ4n) is 1.70. The summed E-state index contributed by atoms with van der Waals surface area (Å²) >= 11 is 0. The van der Waals surface area contributed by atoms with Gasteiger partial charge in [-0.2, -0.15) is 4.98 Å². The highest BCUT2D eigenvalue weighted by molar-refractivity contribution is 5.24. The van der Waals surface area contributed by atoms with Gasteiger partial charge in [0.05, 0.1) is 12.1 Å². The monoisotopic (exact) mass is 207 g/mol. The Bertz CT molecular complexity index is 439. The molecule has 0 saturated carbocycles. The summed E-state index contributed by atoms with van der Waals surface area (Å²) in [7, 11) is 0. The van der Waals surface area contributed by atoms with E-state index in [1.165, 1.54) is 4.57 Å². The number of hydrogen-bond donors (Lipinski definition) is 2. The Morgan fingerprint density at radius 2 is 2.27 bits per heavy atom. The topological polar surface area (TPSA) is 81.1 Å². The maximum absolute atomic E-state index is 11.5. The van der Waals surface area contributed by atoms with Crippen LogP contribution >= 0.6 is 0 Å². The standard InChI is InChI=1S/C10H13N3O2/c11-9-5-6-13(10(15)12-9)7-1-3-8(14)4-2-7/h1,3,5-8,14H,2,4H2,(H2,11,12,15). The molecule has 15 heavy (non-hydrogen) atoms. The van der Waals surface area contributed by atoms with Crippen LogP contribution in [0.15, 0.2) is 29.2 Å². The van der Waals surface area contributed by atoms with E-state index in [2.05, 4.69) is 4.98 Å². The second-order valence-electron chi connectivity index (χ2n) is 3.64. The lowest BCUT2D eigenvalue weighted by Gasteiger charge is -2.21. The summed E-state index contributed by atoms with van der Waals surface area (Å²) in [4.78, 5) is 15.2. The predicted molar refractivity (Wildman–Crippen MR) is 56.3 cm³/mol. The number of nitrogen functional groups attached to an aromatic ring is 1. The van der Waals surface area contributed by atoms with Gasteiger partial charge in [-0.15, -0.1) is 0 Å². The lowest BCUT2D eigenvalue weighted by atomic mass is 10.0. The minimum atomic E-state index is -0.390. The SMILES string of the molecule is Nc1ccn(C2C=CC(O)CC2)c(=O)n1. The van der Waals surface area contributed by atoms with Crippen LogP contribution in [0, 0.1) is 0 Å².